The Morgan fingerprint density at radius 1 is 1.33 bits per heavy atom. The molecule has 0 aromatic rings. The van der Waals surface area contributed by atoms with Gasteiger partial charge in [-0.05, 0) is 19.8 Å². The molecule has 15 heavy (non-hydrogen) atoms. The van der Waals surface area contributed by atoms with Crippen molar-refractivity contribution in [2.45, 2.75) is 52.2 Å². The van der Waals surface area contributed by atoms with Crippen molar-refractivity contribution < 1.29 is 15.0 Å². The van der Waals surface area contributed by atoms with Gasteiger partial charge in [0.2, 0.25) is 0 Å². The highest BCUT2D eigenvalue weighted by Crippen LogP contribution is 2.14. The fourth-order valence-corrected chi connectivity index (χ4v) is 1.24. The number of aliphatic hydroxyl groups is 1. The average molecular weight is 217 g/mol. The van der Waals surface area contributed by atoms with Gasteiger partial charge in [-0.1, -0.05) is 20.8 Å². The van der Waals surface area contributed by atoms with E-state index in [2.05, 4.69) is 5.32 Å². The second-order valence-electron chi connectivity index (χ2n) is 4.23. The molecular weight excluding hydrogens is 194 g/mol. The third kappa shape index (κ3) is 4.62. The number of nitrogens with one attached hydrogen (secondary N) is 1. The lowest BCUT2D eigenvalue weighted by Crippen LogP contribution is -2.46. The summed E-state index contributed by atoms with van der Waals surface area (Å²) in [4.78, 5) is 10.7. The normalized spacial score (nSPS) is 16.1. The number of rotatable bonds is 7. The molecule has 0 saturated heterocycles. The average Bonchev–Trinajstić information content (AvgIpc) is 2.24. The monoisotopic (exact) mass is 217 g/mol. The number of carbonyl (C=O) groups is 1. The number of aliphatic carboxylic acids is 1. The van der Waals surface area contributed by atoms with Gasteiger partial charge >= 0.3 is 5.97 Å². The van der Waals surface area contributed by atoms with Crippen LogP contribution in [-0.4, -0.2) is 34.4 Å². The van der Waals surface area contributed by atoms with Crippen molar-refractivity contribution in [2.24, 2.45) is 5.92 Å². The van der Waals surface area contributed by atoms with E-state index >= 15 is 0 Å². The van der Waals surface area contributed by atoms with Crippen LogP contribution in [0, 0.1) is 5.92 Å². The smallest absolute Gasteiger partial charge is 0.307 e. The maximum absolute atomic E-state index is 10.7. The molecule has 0 heterocycles. The quantitative estimate of drug-likeness (QED) is 0.600. The van der Waals surface area contributed by atoms with Crippen molar-refractivity contribution in [3.8, 4) is 0 Å². The molecule has 4 heteroatoms. The van der Waals surface area contributed by atoms with Gasteiger partial charge in [-0.15, -0.1) is 0 Å². The Hall–Kier alpha value is -0.610. The zero-order valence-electron chi connectivity index (χ0n) is 10.1. The predicted octanol–water partition coefficient (Wildman–Crippen LogP) is 1.24. The fourth-order valence-electron chi connectivity index (χ4n) is 1.24. The van der Waals surface area contributed by atoms with E-state index < -0.39 is 17.5 Å². The van der Waals surface area contributed by atoms with Crippen LogP contribution in [-0.2, 0) is 4.79 Å². The summed E-state index contributed by atoms with van der Waals surface area (Å²) in [6, 6.07) is -0.132. The molecule has 0 bridgehead atoms. The summed E-state index contributed by atoms with van der Waals surface area (Å²) in [5, 5.41) is 21.9. The summed E-state index contributed by atoms with van der Waals surface area (Å²) in [5.74, 6) is -1.26. The van der Waals surface area contributed by atoms with Crippen molar-refractivity contribution in [3.05, 3.63) is 0 Å². The van der Waals surface area contributed by atoms with E-state index in [-0.39, 0.29) is 6.04 Å². The minimum atomic E-state index is -0.813. The van der Waals surface area contributed by atoms with Crippen molar-refractivity contribution >= 4 is 5.97 Å². The van der Waals surface area contributed by atoms with Crippen LogP contribution < -0.4 is 5.32 Å². The SMILES string of the molecule is CCC(O)(CC)CNC(C)C(C)C(=O)O. The van der Waals surface area contributed by atoms with Crippen LogP contribution in [0.15, 0.2) is 0 Å². The summed E-state index contributed by atoms with van der Waals surface area (Å²) < 4.78 is 0. The molecule has 3 N–H and O–H groups in total. The van der Waals surface area contributed by atoms with E-state index in [1.807, 2.05) is 20.8 Å². The summed E-state index contributed by atoms with van der Waals surface area (Å²) in [6.07, 6.45) is 1.34. The first-order valence-corrected chi connectivity index (χ1v) is 5.55. The molecule has 90 valence electrons. The Morgan fingerprint density at radius 2 is 1.80 bits per heavy atom. The van der Waals surface area contributed by atoms with E-state index in [1.54, 1.807) is 6.92 Å². The highest BCUT2D eigenvalue weighted by atomic mass is 16.4. The minimum absolute atomic E-state index is 0.132. The summed E-state index contributed by atoms with van der Waals surface area (Å²) in [6.45, 7) is 7.78. The minimum Gasteiger partial charge on any atom is -0.481 e. The molecule has 4 nitrogen and oxygen atoms in total. The zero-order chi connectivity index (χ0) is 12.1. The molecule has 0 saturated carbocycles. The van der Waals surface area contributed by atoms with Gasteiger partial charge in [0.15, 0.2) is 0 Å². The molecule has 0 aliphatic heterocycles. The van der Waals surface area contributed by atoms with Gasteiger partial charge < -0.3 is 15.5 Å². The highest BCUT2D eigenvalue weighted by molar-refractivity contribution is 5.70. The molecule has 0 aliphatic rings. The van der Waals surface area contributed by atoms with Gasteiger partial charge in [-0.25, -0.2) is 0 Å². The topological polar surface area (TPSA) is 69.6 Å². The van der Waals surface area contributed by atoms with Gasteiger partial charge in [0, 0.05) is 12.6 Å². The maximum atomic E-state index is 10.7. The first-order chi connectivity index (χ1) is 6.86. The maximum Gasteiger partial charge on any atom is 0.307 e. The van der Waals surface area contributed by atoms with Gasteiger partial charge in [0.05, 0.1) is 11.5 Å². The second kappa shape index (κ2) is 6.08. The van der Waals surface area contributed by atoms with Crippen LogP contribution in [0.5, 0.6) is 0 Å². The molecule has 2 atom stereocenters. The molecular formula is C11H23NO3. The van der Waals surface area contributed by atoms with E-state index in [9.17, 15) is 9.90 Å². The van der Waals surface area contributed by atoms with Gasteiger partial charge in [-0.3, -0.25) is 4.79 Å². The lowest BCUT2D eigenvalue weighted by Gasteiger charge is -2.28. The molecule has 0 aliphatic carbocycles. The third-order valence-electron chi connectivity index (χ3n) is 3.21. The Labute approximate surface area is 91.7 Å². The number of carboxylic acid groups (broad SMARTS) is 1. The van der Waals surface area contributed by atoms with Crippen LogP contribution in [0.1, 0.15) is 40.5 Å². The number of hydrogen-bond acceptors (Lipinski definition) is 3. The fraction of sp³-hybridized carbons (Fsp3) is 0.909. The lowest BCUT2D eigenvalue weighted by molar-refractivity contribution is -0.142. The van der Waals surface area contributed by atoms with Crippen molar-refractivity contribution in [2.75, 3.05) is 6.54 Å². The van der Waals surface area contributed by atoms with Gasteiger partial charge in [-0.2, -0.15) is 0 Å². The van der Waals surface area contributed by atoms with Crippen molar-refractivity contribution in [3.63, 3.8) is 0 Å². The molecule has 0 amide bonds. The lowest BCUT2D eigenvalue weighted by atomic mass is 9.96. The number of carboxylic acids is 1. The largest absolute Gasteiger partial charge is 0.481 e. The Kier molecular flexibility index (Phi) is 5.83. The van der Waals surface area contributed by atoms with Crippen LogP contribution in [0.3, 0.4) is 0 Å². The van der Waals surface area contributed by atoms with Crippen LogP contribution in [0.25, 0.3) is 0 Å². The van der Waals surface area contributed by atoms with Crippen LogP contribution in [0.2, 0.25) is 0 Å². The summed E-state index contributed by atoms with van der Waals surface area (Å²) in [5.41, 5.74) is -0.716. The van der Waals surface area contributed by atoms with Crippen LogP contribution in [0.4, 0.5) is 0 Å². The molecule has 0 spiro atoms. The number of hydrogen-bond donors (Lipinski definition) is 3. The molecule has 0 aromatic carbocycles. The molecule has 0 rings (SSSR count). The predicted molar refractivity (Wildman–Crippen MR) is 59.8 cm³/mol. The van der Waals surface area contributed by atoms with Gasteiger partial charge in [0.1, 0.15) is 0 Å². The van der Waals surface area contributed by atoms with Crippen molar-refractivity contribution in [1.29, 1.82) is 0 Å². The summed E-state index contributed by atoms with van der Waals surface area (Å²) in [7, 11) is 0. The molecule has 2 unspecified atom stereocenters. The van der Waals surface area contributed by atoms with Crippen LogP contribution >= 0.6 is 0 Å². The van der Waals surface area contributed by atoms with E-state index in [0.29, 0.717) is 19.4 Å². The Bertz CT molecular complexity index is 202. The molecule has 0 radical (unpaired) electrons. The third-order valence-corrected chi connectivity index (χ3v) is 3.21. The Morgan fingerprint density at radius 3 is 2.13 bits per heavy atom. The Balaban J connectivity index is 4.09. The van der Waals surface area contributed by atoms with E-state index in [0.717, 1.165) is 0 Å². The molecule has 0 aromatic heterocycles. The van der Waals surface area contributed by atoms with E-state index in [4.69, 9.17) is 5.11 Å². The summed E-state index contributed by atoms with van der Waals surface area (Å²) >= 11 is 0. The standard InChI is InChI=1S/C11H23NO3/c1-5-11(15,6-2)7-12-9(4)8(3)10(13)14/h8-9,12,15H,5-7H2,1-4H3,(H,13,14). The molecule has 0 fully saturated rings. The second-order valence-corrected chi connectivity index (χ2v) is 4.23. The zero-order valence-corrected chi connectivity index (χ0v) is 10.1. The van der Waals surface area contributed by atoms with E-state index in [1.165, 1.54) is 0 Å². The highest BCUT2D eigenvalue weighted by Gasteiger charge is 2.25. The van der Waals surface area contributed by atoms with Crippen molar-refractivity contribution in [1.82, 2.24) is 5.32 Å². The van der Waals surface area contributed by atoms with Gasteiger partial charge in [0.25, 0.3) is 0 Å². The first kappa shape index (κ1) is 14.4. The first-order valence-electron chi connectivity index (χ1n) is 5.55.